The van der Waals surface area contributed by atoms with Gasteiger partial charge >= 0.3 is 0 Å². The topological polar surface area (TPSA) is 12.0 Å². The van der Waals surface area contributed by atoms with E-state index in [1.807, 2.05) is 0 Å². The normalized spacial score (nSPS) is 25.5. The molecule has 0 aliphatic heterocycles. The molecule has 0 saturated heterocycles. The van der Waals surface area contributed by atoms with Crippen LogP contribution in [0.3, 0.4) is 0 Å². The van der Waals surface area contributed by atoms with Gasteiger partial charge in [-0.1, -0.05) is 19.4 Å². The monoisotopic (exact) mass is 221 g/mol. The molecular formula is C13H19NS. The lowest BCUT2D eigenvalue weighted by molar-refractivity contribution is 0.556. The maximum Gasteiger partial charge on any atom is 0.0353 e. The molecule has 1 aromatic carbocycles. The van der Waals surface area contributed by atoms with Crippen LogP contribution >= 0.6 is 11.8 Å². The van der Waals surface area contributed by atoms with E-state index in [9.17, 15) is 0 Å². The number of thioether (sulfide) groups is 1. The van der Waals surface area contributed by atoms with Crippen LogP contribution in [0.1, 0.15) is 26.2 Å². The molecule has 82 valence electrons. The molecule has 1 fully saturated rings. The van der Waals surface area contributed by atoms with E-state index in [-0.39, 0.29) is 0 Å². The number of anilines is 1. The molecule has 2 atom stereocenters. The van der Waals surface area contributed by atoms with E-state index in [0.29, 0.717) is 6.04 Å². The van der Waals surface area contributed by atoms with Gasteiger partial charge in [0, 0.05) is 16.6 Å². The summed E-state index contributed by atoms with van der Waals surface area (Å²) in [5, 5.41) is 3.65. The molecule has 0 spiro atoms. The molecule has 0 amide bonds. The Kier molecular flexibility index (Phi) is 3.57. The fraction of sp³-hybridized carbons (Fsp3) is 0.538. The van der Waals surface area contributed by atoms with Crippen molar-refractivity contribution in [3.8, 4) is 0 Å². The predicted molar refractivity (Wildman–Crippen MR) is 68.6 cm³/mol. The van der Waals surface area contributed by atoms with Gasteiger partial charge in [-0.05, 0) is 43.2 Å². The van der Waals surface area contributed by atoms with E-state index < -0.39 is 0 Å². The Balaban J connectivity index is 2.03. The number of rotatable bonds is 3. The van der Waals surface area contributed by atoms with Gasteiger partial charge in [-0.2, -0.15) is 0 Å². The molecule has 1 saturated carbocycles. The van der Waals surface area contributed by atoms with E-state index in [0.717, 1.165) is 5.92 Å². The molecule has 1 aliphatic carbocycles. The fourth-order valence-corrected chi connectivity index (χ4v) is 2.75. The van der Waals surface area contributed by atoms with Crippen molar-refractivity contribution in [2.45, 2.75) is 37.1 Å². The van der Waals surface area contributed by atoms with Crippen LogP contribution in [-0.2, 0) is 0 Å². The molecule has 1 aliphatic rings. The fourth-order valence-electron chi connectivity index (χ4n) is 2.29. The molecule has 2 rings (SSSR count). The van der Waals surface area contributed by atoms with Crippen molar-refractivity contribution in [2.24, 2.45) is 5.92 Å². The molecule has 15 heavy (non-hydrogen) atoms. The van der Waals surface area contributed by atoms with Gasteiger partial charge in [-0.25, -0.2) is 0 Å². The van der Waals surface area contributed by atoms with Gasteiger partial charge < -0.3 is 5.32 Å². The first-order valence-electron chi connectivity index (χ1n) is 5.70. The second-order valence-electron chi connectivity index (χ2n) is 4.39. The summed E-state index contributed by atoms with van der Waals surface area (Å²) in [5.41, 5.74) is 1.28. The highest BCUT2D eigenvalue weighted by molar-refractivity contribution is 7.98. The van der Waals surface area contributed by atoms with Crippen molar-refractivity contribution in [3.63, 3.8) is 0 Å². The first kappa shape index (κ1) is 10.9. The zero-order valence-corrected chi connectivity index (χ0v) is 10.3. The third-order valence-corrected chi connectivity index (χ3v) is 4.01. The van der Waals surface area contributed by atoms with Crippen LogP contribution in [0.25, 0.3) is 0 Å². The molecular weight excluding hydrogens is 202 g/mol. The van der Waals surface area contributed by atoms with Crippen LogP contribution in [-0.4, -0.2) is 12.3 Å². The highest BCUT2D eigenvalue weighted by atomic mass is 32.2. The minimum absolute atomic E-state index is 0.683. The largest absolute Gasteiger partial charge is 0.382 e. The van der Waals surface area contributed by atoms with Crippen molar-refractivity contribution in [1.29, 1.82) is 0 Å². The second-order valence-corrected chi connectivity index (χ2v) is 5.27. The lowest BCUT2D eigenvalue weighted by Crippen LogP contribution is -2.21. The Bertz CT molecular complexity index is 324. The number of hydrogen-bond donors (Lipinski definition) is 1. The zero-order chi connectivity index (χ0) is 10.7. The Morgan fingerprint density at radius 1 is 1.33 bits per heavy atom. The molecule has 0 radical (unpaired) electrons. The molecule has 1 N–H and O–H groups in total. The highest BCUT2D eigenvalue weighted by Crippen LogP contribution is 2.28. The van der Waals surface area contributed by atoms with Gasteiger partial charge in [-0.15, -0.1) is 11.8 Å². The summed E-state index contributed by atoms with van der Waals surface area (Å²) < 4.78 is 0. The van der Waals surface area contributed by atoms with Crippen molar-refractivity contribution < 1.29 is 0 Å². The molecule has 1 nitrogen and oxygen atoms in total. The van der Waals surface area contributed by atoms with Crippen molar-refractivity contribution in [2.75, 3.05) is 11.6 Å². The highest BCUT2D eigenvalue weighted by Gasteiger charge is 2.22. The van der Waals surface area contributed by atoms with Gasteiger partial charge in [0.2, 0.25) is 0 Å². The SMILES string of the molecule is CSc1cccc(N[C@@H]2CCC[C@@H]2C)c1. The van der Waals surface area contributed by atoms with Gasteiger partial charge in [0.25, 0.3) is 0 Å². The maximum atomic E-state index is 3.65. The van der Waals surface area contributed by atoms with E-state index in [2.05, 4.69) is 42.8 Å². The summed E-state index contributed by atoms with van der Waals surface area (Å²) in [4.78, 5) is 1.34. The van der Waals surface area contributed by atoms with Crippen LogP contribution < -0.4 is 5.32 Å². The second kappa shape index (κ2) is 4.93. The van der Waals surface area contributed by atoms with E-state index in [4.69, 9.17) is 0 Å². The Morgan fingerprint density at radius 3 is 2.87 bits per heavy atom. The summed E-state index contributed by atoms with van der Waals surface area (Å²) in [5.74, 6) is 0.822. The Hall–Kier alpha value is -0.630. The van der Waals surface area contributed by atoms with Gasteiger partial charge in [0.15, 0.2) is 0 Å². The van der Waals surface area contributed by atoms with Crippen molar-refractivity contribution >= 4 is 17.4 Å². The molecule has 0 unspecified atom stereocenters. The zero-order valence-electron chi connectivity index (χ0n) is 9.49. The molecule has 0 aromatic heterocycles. The van der Waals surface area contributed by atoms with Crippen LogP contribution in [0, 0.1) is 5.92 Å². The van der Waals surface area contributed by atoms with E-state index in [1.54, 1.807) is 11.8 Å². The molecule has 1 aromatic rings. The number of benzene rings is 1. The van der Waals surface area contributed by atoms with E-state index >= 15 is 0 Å². The maximum absolute atomic E-state index is 3.65. The summed E-state index contributed by atoms with van der Waals surface area (Å²) in [6.07, 6.45) is 6.20. The smallest absolute Gasteiger partial charge is 0.0353 e. The van der Waals surface area contributed by atoms with Crippen LogP contribution in [0.2, 0.25) is 0 Å². The molecule has 0 heterocycles. The first-order chi connectivity index (χ1) is 7.29. The van der Waals surface area contributed by atoms with Crippen molar-refractivity contribution in [1.82, 2.24) is 0 Å². The minimum atomic E-state index is 0.683. The standard InChI is InChI=1S/C13H19NS/c1-10-5-3-8-13(10)14-11-6-4-7-12(9-11)15-2/h4,6-7,9-10,13-14H,3,5,8H2,1-2H3/t10-,13+/m0/s1. The molecule has 0 bridgehead atoms. The van der Waals surface area contributed by atoms with Gasteiger partial charge in [-0.3, -0.25) is 0 Å². The van der Waals surface area contributed by atoms with Crippen LogP contribution in [0.4, 0.5) is 5.69 Å². The third kappa shape index (κ3) is 2.69. The summed E-state index contributed by atoms with van der Waals surface area (Å²) in [6.45, 7) is 2.35. The summed E-state index contributed by atoms with van der Waals surface area (Å²) in [6, 6.07) is 9.39. The lowest BCUT2D eigenvalue weighted by atomic mass is 10.1. The Labute approximate surface area is 96.7 Å². The number of hydrogen-bond acceptors (Lipinski definition) is 2. The van der Waals surface area contributed by atoms with Gasteiger partial charge in [0.05, 0.1) is 0 Å². The summed E-state index contributed by atoms with van der Waals surface area (Å²) >= 11 is 1.80. The van der Waals surface area contributed by atoms with Gasteiger partial charge in [0.1, 0.15) is 0 Å². The average Bonchev–Trinajstić information content (AvgIpc) is 2.65. The quantitative estimate of drug-likeness (QED) is 0.774. The average molecular weight is 221 g/mol. The lowest BCUT2D eigenvalue weighted by Gasteiger charge is -2.18. The third-order valence-electron chi connectivity index (χ3n) is 3.28. The van der Waals surface area contributed by atoms with E-state index in [1.165, 1.54) is 29.8 Å². The summed E-state index contributed by atoms with van der Waals surface area (Å²) in [7, 11) is 0. The van der Waals surface area contributed by atoms with Crippen LogP contribution in [0.5, 0.6) is 0 Å². The predicted octanol–water partition coefficient (Wildman–Crippen LogP) is 4.01. The Morgan fingerprint density at radius 2 is 2.20 bits per heavy atom. The first-order valence-corrected chi connectivity index (χ1v) is 6.92. The number of nitrogens with one attached hydrogen (secondary N) is 1. The minimum Gasteiger partial charge on any atom is -0.382 e. The van der Waals surface area contributed by atoms with Crippen molar-refractivity contribution in [3.05, 3.63) is 24.3 Å². The van der Waals surface area contributed by atoms with Crippen LogP contribution in [0.15, 0.2) is 29.2 Å². The molecule has 2 heteroatoms.